The molecule has 0 aromatic carbocycles. The van der Waals surface area contributed by atoms with Crippen molar-refractivity contribution in [1.82, 2.24) is 14.5 Å². The van der Waals surface area contributed by atoms with Crippen molar-refractivity contribution < 1.29 is 20.1 Å². The third-order valence-electron chi connectivity index (χ3n) is 3.51. The molecule has 3 heterocycles. The molecule has 26 heavy (non-hydrogen) atoms. The van der Waals surface area contributed by atoms with Crippen molar-refractivity contribution in [3.8, 4) is 11.8 Å². The molecule has 9 nitrogen and oxygen atoms in total. The maximum Gasteiger partial charge on any atom is 0.330 e. The second kappa shape index (κ2) is 8.88. The molecule has 3 rings (SSSR count). The number of ether oxygens (including phenoxy) is 1. The van der Waals surface area contributed by atoms with Gasteiger partial charge in [0.25, 0.3) is 5.56 Å². The number of hydrogen-bond donors (Lipinski definition) is 4. The lowest BCUT2D eigenvalue weighted by Gasteiger charge is -2.16. The molecule has 1 fully saturated rings. The second-order valence-electron chi connectivity index (χ2n) is 5.36. The second-order valence-corrected chi connectivity index (χ2v) is 6.60. The third-order valence-corrected chi connectivity index (χ3v) is 4.34. The average molecular weight is 381 g/mol. The first-order valence-corrected chi connectivity index (χ1v) is 8.48. The monoisotopic (exact) mass is 381 g/mol. The van der Waals surface area contributed by atoms with Crippen LogP contribution in [-0.4, -0.2) is 54.8 Å². The molecule has 0 aliphatic carbocycles. The molecule has 0 bridgehead atoms. The highest BCUT2D eigenvalue weighted by Gasteiger charge is 2.43. The number of hydrogen-bond acceptors (Lipinski definition) is 8. The van der Waals surface area contributed by atoms with Crippen molar-refractivity contribution >= 4 is 11.3 Å². The van der Waals surface area contributed by atoms with Crippen LogP contribution in [0.5, 0.6) is 0 Å². The fraction of sp³-hybridized carbons (Fsp3) is 0.438. The molecule has 2 aromatic rings. The van der Waals surface area contributed by atoms with Gasteiger partial charge in [0.15, 0.2) is 6.23 Å². The molecule has 1 saturated heterocycles. The van der Waals surface area contributed by atoms with E-state index in [-0.39, 0.29) is 0 Å². The first kappa shape index (κ1) is 20.0. The lowest BCUT2D eigenvalue weighted by molar-refractivity contribution is -0.0550. The van der Waals surface area contributed by atoms with Crippen molar-refractivity contribution in [1.29, 1.82) is 0 Å². The van der Waals surface area contributed by atoms with E-state index < -0.39 is 42.4 Å². The maximum absolute atomic E-state index is 11.4. The first-order chi connectivity index (χ1) is 12.4. The molecule has 0 saturated carbocycles. The highest BCUT2D eigenvalue weighted by atomic mass is 32.1. The van der Waals surface area contributed by atoms with E-state index >= 15 is 0 Å². The number of aromatic nitrogens is 3. The lowest BCUT2D eigenvalue weighted by Crippen LogP contribution is -2.37. The van der Waals surface area contributed by atoms with E-state index in [4.69, 9.17) is 9.84 Å². The highest BCUT2D eigenvalue weighted by molar-refractivity contribution is 7.12. The minimum absolute atomic E-state index is 0.479. The van der Waals surface area contributed by atoms with Gasteiger partial charge in [-0.1, -0.05) is 5.92 Å². The van der Waals surface area contributed by atoms with E-state index in [0.717, 1.165) is 26.7 Å². The van der Waals surface area contributed by atoms with Gasteiger partial charge in [0.1, 0.15) is 18.3 Å². The summed E-state index contributed by atoms with van der Waals surface area (Å²) in [6, 6.07) is 1.09. The van der Waals surface area contributed by atoms with Crippen LogP contribution in [0.25, 0.3) is 0 Å². The van der Waals surface area contributed by atoms with Gasteiger partial charge in [-0.2, -0.15) is 0 Å². The Labute approximate surface area is 152 Å². The molecule has 4 N–H and O–H groups in total. The van der Waals surface area contributed by atoms with Gasteiger partial charge in [-0.3, -0.25) is 14.3 Å². The maximum atomic E-state index is 11.4. The van der Waals surface area contributed by atoms with Crippen LogP contribution >= 0.6 is 11.3 Å². The van der Waals surface area contributed by atoms with Crippen molar-refractivity contribution in [3.05, 3.63) is 49.2 Å². The van der Waals surface area contributed by atoms with Gasteiger partial charge in [-0.15, -0.1) is 17.3 Å². The number of aliphatic hydroxyl groups is 3. The van der Waals surface area contributed by atoms with E-state index in [1.807, 2.05) is 18.8 Å². The zero-order valence-corrected chi connectivity index (χ0v) is 14.9. The van der Waals surface area contributed by atoms with Crippen LogP contribution < -0.4 is 11.2 Å². The number of H-pyrrole nitrogens is 1. The van der Waals surface area contributed by atoms with Gasteiger partial charge in [0.2, 0.25) is 0 Å². The van der Waals surface area contributed by atoms with Gasteiger partial charge in [0, 0.05) is 12.3 Å². The first-order valence-electron chi connectivity index (χ1n) is 7.66. The molecule has 0 radical (unpaired) electrons. The fourth-order valence-electron chi connectivity index (χ4n) is 2.28. The minimum atomic E-state index is -1.35. The lowest BCUT2D eigenvalue weighted by atomic mass is 10.1. The molecule has 1 aliphatic heterocycles. The Balaban J connectivity index is 0.000000228. The summed E-state index contributed by atoms with van der Waals surface area (Å²) in [5.74, 6) is 5.75. The summed E-state index contributed by atoms with van der Waals surface area (Å²) in [4.78, 5) is 29.4. The van der Waals surface area contributed by atoms with Crippen LogP contribution in [0.4, 0.5) is 0 Å². The number of rotatable bonds is 2. The molecule has 0 spiro atoms. The quantitative estimate of drug-likeness (QED) is 0.488. The smallest absolute Gasteiger partial charge is 0.330 e. The summed E-state index contributed by atoms with van der Waals surface area (Å²) in [6.45, 7) is 3.33. The average Bonchev–Trinajstić information content (AvgIpc) is 3.13. The van der Waals surface area contributed by atoms with Crippen LogP contribution in [0.15, 0.2) is 28.0 Å². The SMILES string of the molecule is CC#Cc1cnc(C)s1.O=c1ccn([C@@H]2O[C@H](CO)[C@@H](O)[C@H]2O)c(=O)[nH]1. The van der Waals surface area contributed by atoms with Gasteiger partial charge < -0.3 is 20.1 Å². The molecule has 140 valence electrons. The van der Waals surface area contributed by atoms with Gasteiger partial charge >= 0.3 is 5.69 Å². The Bertz CT molecular complexity index is 909. The Hall–Kier alpha value is -2.29. The number of aryl methyl sites for hydroxylation is 1. The van der Waals surface area contributed by atoms with E-state index in [0.29, 0.717) is 0 Å². The standard InChI is InChI=1S/C9H12N2O6.C7H7NS/c12-3-4-6(14)7(15)8(17-4)11-2-1-5(13)10-9(11)16;1-3-4-7-5-8-6(2)9-7/h1-2,4,6-8,12,14-15H,3H2,(H,10,13,16);5H,1-2H3/t4-,6-,7-,8-;/m1./s1. The van der Waals surface area contributed by atoms with E-state index in [1.165, 1.54) is 0 Å². The minimum Gasteiger partial charge on any atom is -0.394 e. The van der Waals surface area contributed by atoms with Crippen LogP contribution in [0.2, 0.25) is 0 Å². The number of thiazole rings is 1. The van der Waals surface area contributed by atoms with Gasteiger partial charge in [-0.05, 0) is 13.8 Å². The molecule has 0 unspecified atom stereocenters. The molecule has 4 atom stereocenters. The van der Waals surface area contributed by atoms with Crippen molar-refractivity contribution in [2.75, 3.05) is 6.61 Å². The normalized spacial score (nSPS) is 24.3. The number of aromatic amines is 1. The Kier molecular flexibility index (Phi) is 6.84. The molecule has 0 amide bonds. The number of aliphatic hydroxyl groups excluding tert-OH is 3. The molecule has 2 aromatic heterocycles. The molecular formula is C16H19N3O6S. The summed E-state index contributed by atoms with van der Waals surface area (Å²) in [6.07, 6.45) is -1.78. The van der Waals surface area contributed by atoms with Crippen molar-refractivity contribution in [2.45, 2.75) is 38.4 Å². The van der Waals surface area contributed by atoms with E-state index in [9.17, 15) is 19.8 Å². The summed E-state index contributed by atoms with van der Waals surface area (Å²) in [5.41, 5.74) is -1.33. The van der Waals surface area contributed by atoms with Crippen molar-refractivity contribution in [3.63, 3.8) is 0 Å². The van der Waals surface area contributed by atoms with Gasteiger partial charge in [-0.25, -0.2) is 9.78 Å². The van der Waals surface area contributed by atoms with Gasteiger partial charge in [0.05, 0.1) is 22.7 Å². The zero-order chi connectivity index (χ0) is 19.3. The highest BCUT2D eigenvalue weighted by Crippen LogP contribution is 2.27. The predicted octanol–water partition coefficient (Wildman–Crippen LogP) is -1.03. The molecule has 10 heteroatoms. The molecule has 1 aliphatic rings. The topological polar surface area (TPSA) is 138 Å². The third kappa shape index (κ3) is 4.66. The largest absolute Gasteiger partial charge is 0.394 e. The zero-order valence-electron chi connectivity index (χ0n) is 14.1. The summed E-state index contributed by atoms with van der Waals surface area (Å²) >= 11 is 1.63. The fourth-order valence-corrected chi connectivity index (χ4v) is 2.96. The molecular weight excluding hydrogens is 362 g/mol. The van der Waals surface area contributed by atoms with E-state index in [2.05, 4.69) is 16.8 Å². The summed E-state index contributed by atoms with van der Waals surface area (Å²) in [5, 5.41) is 29.1. The van der Waals surface area contributed by atoms with Crippen LogP contribution in [0, 0.1) is 18.8 Å². The van der Waals surface area contributed by atoms with Crippen LogP contribution in [0.3, 0.4) is 0 Å². The summed E-state index contributed by atoms with van der Waals surface area (Å²) in [7, 11) is 0. The summed E-state index contributed by atoms with van der Waals surface area (Å²) < 4.78 is 6.08. The van der Waals surface area contributed by atoms with E-state index in [1.54, 1.807) is 17.5 Å². The Morgan fingerprint density at radius 1 is 1.38 bits per heavy atom. The Morgan fingerprint density at radius 2 is 2.12 bits per heavy atom. The predicted molar refractivity (Wildman–Crippen MR) is 93.7 cm³/mol. The Morgan fingerprint density at radius 3 is 2.62 bits per heavy atom. The van der Waals surface area contributed by atoms with Crippen molar-refractivity contribution in [2.24, 2.45) is 0 Å². The van der Waals surface area contributed by atoms with Crippen LogP contribution in [-0.2, 0) is 4.74 Å². The number of nitrogens with one attached hydrogen (secondary N) is 1. The van der Waals surface area contributed by atoms with Crippen LogP contribution in [0.1, 0.15) is 23.0 Å². The number of nitrogens with zero attached hydrogens (tertiary/aromatic N) is 2.